The number of anilines is 1. The van der Waals surface area contributed by atoms with Crippen molar-refractivity contribution in [3.8, 4) is 22.5 Å². The second-order valence-corrected chi connectivity index (χ2v) is 17.6. The zero-order valence-corrected chi connectivity index (χ0v) is 37.6. The van der Waals surface area contributed by atoms with E-state index in [1.54, 1.807) is 36.7 Å². The Hall–Kier alpha value is -7.88. The number of alkyl carbamates (subject to hydrolysis) is 1. The van der Waals surface area contributed by atoms with E-state index in [0.717, 1.165) is 33.4 Å². The van der Waals surface area contributed by atoms with E-state index < -0.39 is 41.8 Å². The van der Waals surface area contributed by atoms with Gasteiger partial charge in [-0.25, -0.2) is 19.0 Å². The molecule has 4 aromatic carbocycles. The molecule has 2 aliphatic carbocycles. The molecule has 0 spiro atoms. The van der Waals surface area contributed by atoms with Gasteiger partial charge < -0.3 is 39.6 Å². The van der Waals surface area contributed by atoms with E-state index in [0.29, 0.717) is 87.0 Å². The smallest absolute Gasteiger partial charge is 0.409 e. The molecule has 0 fully saturated rings. The summed E-state index contributed by atoms with van der Waals surface area (Å²) in [6.45, 7) is 3.26. The zero-order chi connectivity index (χ0) is 47.4. The fourth-order valence-corrected chi connectivity index (χ4v) is 10.4. The number of ether oxygens (including phenoxy) is 3. The van der Waals surface area contributed by atoms with Gasteiger partial charge in [0.1, 0.15) is 25.6 Å². The largest absolute Gasteiger partial charge is 0.460 e. The van der Waals surface area contributed by atoms with Crippen LogP contribution in [0.3, 0.4) is 0 Å². The number of pyridine rings is 2. The van der Waals surface area contributed by atoms with Crippen LogP contribution in [-0.4, -0.2) is 65.1 Å². The highest BCUT2D eigenvalue weighted by Gasteiger charge is 2.38. The number of hydrogen-bond acceptors (Lipinski definition) is 10. The molecule has 2 atom stereocenters. The molecular formula is C52H47FN6O9. The minimum Gasteiger partial charge on any atom is -0.460 e. The predicted molar refractivity (Wildman–Crippen MR) is 248 cm³/mol. The highest BCUT2D eigenvalue weighted by Crippen LogP contribution is 2.47. The van der Waals surface area contributed by atoms with Gasteiger partial charge in [0.05, 0.1) is 47.5 Å². The van der Waals surface area contributed by atoms with E-state index >= 15 is 4.39 Å². The van der Waals surface area contributed by atoms with Gasteiger partial charge in [0, 0.05) is 42.2 Å². The van der Waals surface area contributed by atoms with Crippen LogP contribution in [0, 0.1) is 12.7 Å². The molecule has 4 amide bonds. The Morgan fingerprint density at radius 3 is 2.41 bits per heavy atom. The molecule has 6 aromatic rings. The lowest BCUT2D eigenvalue weighted by Crippen LogP contribution is -2.33. The summed E-state index contributed by atoms with van der Waals surface area (Å²) >= 11 is 0. The Balaban J connectivity index is 0.899. The Kier molecular flexibility index (Phi) is 11.5. The van der Waals surface area contributed by atoms with E-state index in [4.69, 9.17) is 19.2 Å². The van der Waals surface area contributed by atoms with E-state index in [9.17, 15) is 28.8 Å². The van der Waals surface area contributed by atoms with Gasteiger partial charge in [-0.1, -0.05) is 61.5 Å². The number of cyclic esters (lactones) is 1. The molecule has 2 aliphatic heterocycles. The van der Waals surface area contributed by atoms with Gasteiger partial charge in [0.2, 0.25) is 12.3 Å². The molecule has 0 saturated carbocycles. The lowest BCUT2D eigenvalue weighted by Gasteiger charge is -2.29. The number of carbonyl (C=O) groups is 5. The van der Waals surface area contributed by atoms with Crippen molar-refractivity contribution in [2.24, 2.45) is 0 Å². The molecule has 3 N–H and O–H groups in total. The summed E-state index contributed by atoms with van der Waals surface area (Å²) in [7, 11) is 1.59. The molecule has 346 valence electrons. The van der Waals surface area contributed by atoms with Crippen LogP contribution in [-0.2, 0) is 61.3 Å². The summed E-state index contributed by atoms with van der Waals surface area (Å²) < 4.78 is 34.3. The lowest BCUT2D eigenvalue weighted by atomic mass is 9.81. The van der Waals surface area contributed by atoms with Crippen LogP contribution < -0.4 is 21.5 Å². The van der Waals surface area contributed by atoms with E-state index in [1.165, 1.54) is 11.0 Å². The van der Waals surface area contributed by atoms with Crippen molar-refractivity contribution in [1.82, 2.24) is 25.1 Å². The summed E-state index contributed by atoms with van der Waals surface area (Å²) in [6, 6.07) is 23.7. The first-order chi connectivity index (χ1) is 32.9. The number of carbonyl (C=O) groups excluding carboxylic acids is 5. The Morgan fingerprint density at radius 2 is 1.68 bits per heavy atom. The fourth-order valence-electron chi connectivity index (χ4n) is 10.4. The third-order valence-corrected chi connectivity index (χ3v) is 13.7. The number of amides is 4. The van der Waals surface area contributed by atoms with Gasteiger partial charge in [0.25, 0.3) is 5.56 Å². The molecular weight excluding hydrogens is 872 g/mol. The van der Waals surface area contributed by atoms with Crippen LogP contribution in [0.15, 0.2) is 83.7 Å². The summed E-state index contributed by atoms with van der Waals surface area (Å²) in [4.78, 5) is 84.1. The number of aryl methyl sites for hydroxylation is 1. The Morgan fingerprint density at radius 1 is 0.926 bits per heavy atom. The summed E-state index contributed by atoms with van der Waals surface area (Å²) in [5, 5.41) is 8.84. The summed E-state index contributed by atoms with van der Waals surface area (Å²) in [5.74, 6) is -2.02. The number of fused-ring (bicyclic) bond motifs is 8. The molecule has 16 heteroatoms. The molecule has 2 aromatic heterocycles. The quantitative estimate of drug-likeness (QED) is 0.0633. The fraction of sp³-hybridized carbons (Fsp3) is 0.288. The number of aromatic nitrogens is 2. The minimum atomic E-state index is -0.742. The summed E-state index contributed by atoms with van der Waals surface area (Å²) in [5.41, 5.74) is 10.7. The monoisotopic (exact) mass is 918 g/mol. The van der Waals surface area contributed by atoms with Crippen LogP contribution in [0.1, 0.15) is 93.3 Å². The first kappa shape index (κ1) is 44.0. The SMILES string of the molecule is CC[C@H]1C(=O)OCc2c1cc1n(c2=O)Cc2c-1nc1cc(F)c(C)c3c1c2[C@@H](NC(=O)OCc1ccc(NC(=O)CNC=O)cc1CN(C)C(=O)OCC1c2ccccc2-c2ccccc21)CC3. The molecule has 68 heavy (non-hydrogen) atoms. The van der Waals surface area contributed by atoms with Crippen molar-refractivity contribution in [3.63, 3.8) is 0 Å². The zero-order valence-electron chi connectivity index (χ0n) is 37.6. The normalized spacial score (nSPS) is 16.1. The van der Waals surface area contributed by atoms with E-state index in [2.05, 4.69) is 28.1 Å². The topological polar surface area (TPSA) is 187 Å². The molecule has 0 saturated heterocycles. The third kappa shape index (κ3) is 7.68. The predicted octanol–water partition coefficient (Wildman–Crippen LogP) is 7.40. The standard InChI is InChI=1S/C52H47FN6O9/c1-4-31-37-18-44-48-38(22-59(44)49(62)40(37)25-66-50(31)63)47-42(16-15-32-27(2)41(53)19-43(56-48)46(32)47)57-51(64)67-23-28-13-14-30(55-45(61)20-54-26-60)17-29(28)21-58(3)52(65)68-24-39-35-11-7-5-9-33(35)34-10-6-8-12-36(34)39/h5-14,17-19,26,31,39,42H,4,15-16,20-25H2,1-3H3,(H,54,60)(H,55,61)(H,57,64)/t31-,42+/m1/s1. The maximum Gasteiger partial charge on any atom is 0.409 e. The second kappa shape index (κ2) is 17.7. The van der Waals surface area contributed by atoms with Gasteiger partial charge in [0.15, 0.2) is 0 Å². The first-order valence-electron chi connectivity index (χ1n) is 22.6. The number of benzene rings is 4. The molecule has 0 bridgehead atoms. The second-order valence-electron chi connectivity index (χ2n) is 17.6. The van der Waals surface area contributed by atoms with Crippen molar-refractivity contribution in [2.75, 3.05) is 25.5 Å². The van der Waals surface area contributed by atoms with Gasteiger partial charge in [-0.05, 0) is 100 Å². The first-order valence-corrected chi connectivity index (χ1v) is 22.6. The average Bonchev–Trinajstić information content (AvgIpc) is 3.87. The molecule has 4 aliphatic rings. The van der Waals surface area contributed by atoms with Crippen LogP contribution in [0.2, 0.25) is 0 Å². The molecule has 15 nitrogen and oxygen atoms in total. The minimum absolute atomic E-state index is 0.0202. The Bertz CT molecular complexity index is 3140. The highest BCUT2D eigenvalue weighted by atomic mass is 19.1. The van der Waals surface area contributed by atoms with Crippen molar-refractivity contribution < 1.29 is 42.6 Å². The summed E-state index contributed by atoms with van der Waals surface area (Å²) in [6.07, 6.45) is 0.390. The van der Waals surface area contributed by atoms with Gasteiger partial charge in [-0.15, -0.1) is 0 Å². The maximum atomic E-state index is 15.5. The number of nitrogens with one attached hydrogen (secondary N) is 3. The van der Waals surface area contributed by atoms with Gasteiger partial charge >= 0.3 is 18.2 Å². The van der Waals surface area contributed by atoms with E-state index in [1.807, 2.05) is 49.4 Å². The number of hydrogen-bond donors (Lipinski definition) is 3. The van der Waals surface area contributed by atoms with Crippen LogP contribution in [0.25, 0.3) is 33.4 Å². The highest BCUT2D eigenvalue weighted by molar-refractivity contribution is 5.94. The van der Waals surface area contributed by atoms with Crippen LogP contribution >= 0.6 is 0 Å². The van der Waals surface area contributed by atoms with Crippen molar-refractivity contribution in [2.45, 2.75) is 77.3 Å². The lowest BCUT2D eigenvalue weighted by molar-refractivity contribution is -0.148. The van der Waals surface area contributed by atoms with Crippen LogP contribution in [0.5, 0.6) is 0 Å². The number of esters is 1. The van der Waals surface area contributed by atoms with E-state index in [-0.39, 0.29) is 50.9 Å². The van der Waals surface area contributed by atoms with Gasteiger partial charge in [-0.3, -0.25) is 19.2 Å². The molecule has 10 rings (SSSR count). The average molecular weight is 919 g/mol. The van der Waals surface area contributed by atoms with Crippen molar-refractivity contribution in [3.05, 3.63) is 151 Å². The molecule has 4 heterocycles. The number of halogens is 1. The van der Waals surface area contributed by atoms with Gasteiger partial charge in [-0.2, -0.15) is 0 Å². The number of rotatable bonds is 12. The van der Waals surface area contributed by atoms with Crippen molar-refractivity contribution >= 4 is 47.1 Å². The Labute approximate surface area is 389 Å². The third-order valence-electron chi connectivity index (χ3n) is 13.7. The molecule has 0 unspecified atom stereocenters. The van der Waals surface area contributed by atoms with Crippen molar-refractivity contribution in [1.29, 1.82) is 0 Å². The maximum absolute atomic E-state index is 15.5. The van der Waals surface area contributed by atoms with Crippen LogP contribution in [0.4, 0.5) is 19.7 Å². The molecule has 0 radical (unpaired) electrons. The number of nitrogens with zero attached hydrogens (tertiary/aromatic N) is 3.